The number of para-hydroxylation sites is 1. The molecule has 0 fully saturated rings. The lowest BCUT2D eigenvalue weighted by Crippen LogP contribution is -2.37. The number of hydrogen-bond donors (Lipinski definition) is 2. The second-order valence-electron chi connectivity index (χ2n) is 13.3. The van der Waals surface area contributed by atoms with Crippen LogP contribution >= 0.6 is 23.5 Å². The SMILES string of the molecule is C1=CCNC(c2ccc3c(c2)Sc2ccccc2C32c3ccccc3Sc3c(-c4ccc(-c5ccccc5)c(Nc5ccccc5)c4)cccc32)=C1. The van der Waals surface area contributed by atoms with Gasteiger partial charge in [0.1, 0.15) is 0 Å². The fourth-order valence-corrected chi connectivity index (χ4v) is 10.7. The molecule has 10 rings (SSSR count). The summed E-state index contributed by atoms with van der Waals surface area (Å²) in [6.07, 6.45) is 6.48. The number of dihydropyridines is 1. The Bertz CT molecular complexity index is 2540. The Labute approximate surface area is 313 Å². The van der Waals surface area contributed by atoms with Crippen LogP contribution in [0, 0.1) is 0 Å². The minimum absolute atomic E-state index is 0.480. The van der Waals surface area contributed by atoms with E-state index in [4.69, 9.17) is 0 Å². The number of anilines is 2. The monoisotopic (exact) mass is 702 g/mol. The summed E-state index contributed by atoms with van der Waals surface area (Å²) in [5.74, 6) is 0. The molecule has 0 radical (unpaired) electrons. The second kappa shape index (κ2) is 12.8. The minimum atomic E-state index is -0.480. The summed E-state index contributed by atoms with van der Waals surface area (Å²) in [6, 6.07) is 60.2. The first-order chi connectivity index (χ1) is 25.8. The Morgan fingerprint density at radius 3 is 1.94 bits per heavy atom. The van der Waals surface area contributed by atoms with Crippen LogP contribution in [0.4, 0.5) is 11.4 Å². The van der Waals surface area contributed by atoms with Crippen LogP contribution in [0.1, 0.15) is 27.8 Å². The minimum Gasteiger partial charge on any atom is -0.381 e. The fraction of sp³-hybridized carbons (Fsp3) is 0.0417. The first-order valence-corrected chi connectivity index (χ1v) is 19.4. The predicted molar refractivity (Wildman–Crippen MR) is 219 cm³/mol. The number of nitrogens with one attached hydrogen (secondary N) is 2. The summed E-state index contributed by atoms with van der Waals surface area (Å²) >= 11 is 3.80. The van der Waals surface area contributed by atoms with E-state index in [0.717, 1.165) is 17.9 Å². The van der Waals surface area contributed by atoms with Crippen molar-refractivity contribution in [2.45, 2.75) is 25.0 Å². The van der Waals surface area contributed by atoms with E-state index in [2.05, 4.69) is 193 Å². The van der Waals surface area contributed by atoms with Crippen molar-refractivity contribution >= 4 is 40.6 Å². The molecule has 3 aliphatic heterocycles. The van der Waals surface area contributed by atoms with Gasteiger partial charge < -0.3 is 10.6 Å². The molecule has 2 nitrogen and oxygen atoms in total. The quantitative estimate of drug-likeness (QED) is 0.186. The highest BCUT2D eigenvalue weighted by Gasteiger charge is 2.49. The zero-order valence-electron chi connectivity index (χ0n) is 28.3. The molecule has 3 aliphatic rings. The summed E-state index contributed by atoms with van der Waals surface area (Å²) in [7, 11) is 0. The molecular formula is C48H34N2S2. The summed E-state index contributed by atoms with van der Waals surface area (Å²) in [6.45, 7) is 0.846. The van der Waals surface area contributed by atoms with Crippen LogP contribution in [0.25, 0.3) is 28.0 Å². The molecule has 1 atom stereocenters. The number of fused-ring (bicyclic) bond motifs is 8. The average Bonchev–Trinajstić information content (AvgIpc) is 3.21. The largest absolute Gasteiger partial charge is 0.381 e. The van der Waals surface area contributed by atoms with Crippen molar-refractivity contribution < 1.29 is 0 Å². The van der Waals surface area contributed by atoms with Gasteiger partial charge in [-0.1, -0.05) is 163 Å². The van der Waals surface area contributed by atoms with Gasteiger partial charge in [0.05, 0.1) is 5.41 Å². The number of hydrogen-bond acceptors (Lipinski definition) is 4. The summed E-state index contributed by atoms with van der Waals surface area (Å²) < 4.78 is 0. The third-order valence-corrected chi connectivity index (χ3v) is 12.8. The van der Waals surface area contributed by atoms with Gasteiger partial charge in [0.15, 0.2) is 0 Å². The van der Waals surface area contributed by atoms with Gasteiger partial charge in [-0.3, -0.25) is 0 Å². The molecule has 3 heterocycles. The molecular weight excluding hydrogens is 669 g/mol. The highest BCUT2D eigenvalue weighted by Crippen LogP contribution is 2.63. The van der Waals surface area contributed by atoms with Crippen molar-refractivity contribution in [3.63, 3.8) is 0 Å². The maximum Gasteiger partial charge on any atom is 0.0745 e. The number of benzene rings is 7. The van der Waals surface area contributed by atoms with Crippen LogP contribution in [0.5, 0.6) is 0 Å². The molecule has 0 bridgehead atoms. The highest BCUT2D eigenvalue weighted by molar-refractivity contribution is 8.00. The number of rotatable bonds is 5. The van der Waals surface area contributed by atoms with E-state index in [1.165, 1.54) is 75.4 Å². The van der Waals surface area contributed by atoms with Crippen molar-refractivity contribution in [1.82, 2.24) is 5.32 Å². The molecule has 7 aromatic rings. The van der Waals surface area contributed by atoms with E-state index in [9.17, 15) is 0 Å². The molecule has 0 aliphatic carbocycles. The van der Waals surface area contributed by atoms with E-state index >= 15 is 0 Å². The third-order valence-electron chi connectivity index (χ3n) is 10.4. The smallest absolute Gasteiger partial charge is 0.0745 e. The van der Waals surface area contributed by atoms with Gasteiger partial charge in [-0.25, -0.2) is 0 Å². The van der Waals surface area contributed by atoms with Crippen LogP contribution in [0.15, 0.2) is 202 Å². The average molecular weight is 703 g/mol. The van der Waals surface area contributed by atoms with E-state index in [1.54, 1.807) is 0 Å². The van der Waals surface area contributed by atoms with Crippen molar-refractivity contribution in [3.05, 3.63) is 210 Å². The Morgan fingerprint density at radius 1 is 0.500 bits per heavy atom. The number of allylic oxidation sites excluding steroid dienone is 2. The van der Waals surface area contributed by atoms with E-state index < -0.39 is 5.41 Å². The van der Waals surface area contributed by atoms with Gasteiger partial charge in [-0.15, -0.1) is 0 Å². The molecule has 0 amide bonds. The summed E-state index contributed by atoms with van der Waals surface area (Å²) in [5.41, 5.74) is 14.2. The van der Waals surface area contributed by atoms with Gasteiger partial charge in [-0.05, 0) is 87.0 Å². The lowest BCUT2D eigenvalue weighted by atomic mass is 9.64. The Hall–Kier alpha value is -5.68. The van der Waals surface area contributed by atoms with Gasteiger partial charge >= 0.3 is 0 Å². The van der Waals surface area contributed by atoms with Crippen molar-refractivity contribution in [1.29, 1.82) is 0 Å². The first kappa shape index (κ1) is 31.1. The Kier molecular flexibility index (Phi) is 7.67. The Balaban J connectivity index is 1.21. The van der Waals surface area contributed by atoms with Crippen LogP contribution < -0.4 is 10.6 Å². The van der Waals surface area contributed by atoms with Gasteiger partial charge in [-0.2, -0.15) is 0 Å². The van der Waals surface area contributed by atoms with Crippen LogP contribution in [-0.2, 0) is 5.41 Å². The first-order valence-electron chi connectivity index (χ1n) is 17.7. The molecule has 0 saturated heterocycles. The summed E-state index contributed by atoms with van der Waals surface area (Å²) in [4.78, 5) is 5.20. The lowest BCUT2D eigenvalue weighted by molar-refractivity contribution is 0.667. The van der Waals surface area contributed by atoms with Gasteiger partial charge in [0, 0.05) is 48.8 Å². The molecule has 0 saturated carbocycles. The standard InChI is InChI=1S/C48H34N2S2/c1-3-14-32(15-4-1)36-27-25-33(30-43(36)50-35-16-5-2-6-17-35)37-18-13-21-41-47(37)52-45-24-10-8-20-39(45)48(41)38-19-7-9-23-44(38)51-46-31-34(26-28-40(46)48)42-22-11-12-29-49-42/h1-28,30-31,49-50H,29H2. The van der Waals surface area contributed by atoms with E-state index in [1.807, 2.05) is 23.5 Å². The molecule has 0 aromatic heterocycles. The van der Waals surface area contributed by atoms with Gasteiger partial charge in [0.2, 0.25) is 0 Å². The second-order valence-corrected chi connectivity index (χ2v) is 15.5. The van der Waals surface area contributed by atoms with E-state index in [-0.39, 0.29) is 0 Å². The van der Waals surface area contributed by atoms with Crippen LogP contribution in [0.3, 0.4) is 0 Å². The van der Waals surface area contributed by atoms with Crippen molar-refractivity contribution in [3.8, 4) is 22.3 Å². The Morgan fingerprint density at radius 2 is 1.17 bits per heavy atom. The molecule has 1 spiro atoms. The van der Waals surface area contributed by atoms with Gasteiger partial charge in [0.25, 0.3) is 0 Å². The van der Waals surface area contributed by atoms with Crippen molar-refractivity contribution in [2.75, 3.05) is 11.9 Å². The zero-order valence-corrected chi connectivity index (χ0v) is 30.0. The van der Waals surface area contributed by atoms with Crippen molar-refractivity contribution in [2.24, 2.45) is 0 Å². The molecule has 248 valence electrons. The molecule has 7 aromatic carbocycles. The molecule has 52 heavy (non-hydrogen) atoms. The molecule has 4 heteroatoms. The normalized spacial score (nSPS) is 16.5. The maximum atomic E-state index is 3.77. The van der Waals surface area contributed by atoms with E-state index in [0.29, 0.717) is 0 Å². The fourth-order valence-electron chi connectivity index (χ4n) is 8.10. The van der Waals surface area contributed by atoms with Crippen LogP contribution in [-0.4, -0.2) is 6.54 Å². The third kappa shape index (κ3) is 5.05. The molecule has 1 unspecified atom stereocenters. The van der Waals surface area contributed by atoms with Crippen LogP contribution in [0.2, 0.25) is 0 Å². The zero-order chi connectivity index (χ0) is 34.5. The lowest BCUT2D eigenvalue weighted by Gasteiger charge is -2.46. The predicted octanol–water partition coefficient (Wildman–Crippen LogP) is 12.6. The maximum absolute atomic E-state index is 3.77. The topological polar surface area (TPSA) is 24.1 Å². The highest BCUT2D eigenvalue weighted by atomic mass is 32.2. The molecule has 2 N–H and O–H groups in total. The summed E-state index contributed by atoms with van der Waals surface area (Å²) in [5, 5.41) is 7.35.